The lowest BCUT2D eigenvalue weighted by Gasteiger charge is -2.21. The molecule has 0 aliphatic carbocycles. The van der Waals surface area contributed by atoms with Gasteiger partial charge in [0, 0.05) is 24.0 Å². The molecule has 1 aromatic heterocycles. The van der Waals surface area contributed by atoms with Gasteiger partial charge in [0.15, 0.2) is 0 Å². The number of hydrogen-bond donors (Lipinski definition) is 1. The summed E-state index contributed by atoms with van der Waals surface area (Å²) in [5, 5.41) is 5.45. The van der Waals surface area contributed by atoms with Crippen LogP contribution in [0.5, 0.6) is 5.75 Å². The first-order chi connectivity index (χ1) is 12.3. The summed E-state index contributed by atoms with van der Waals surface area (Å²) in [6.07, 6.45) is 2.20. The maximum atomic E-state index is 12.9. The Bertz CT molecular complexity index is 705. The highest BCUT2D eigenvalue weighted by Gasteiger charge is 2.31. The van der Waals surface area contributed by atoms with E-state index in [4.69, 9.17) is 4.74 Å². The van der Waals surface area contributed by atoms with Gasteiger partial charge in [-0.1, -0.05) is 6.07 Å². The van der Waals surface area contributed by atoms with E-state index in [-0.39, 0.29) is 5.91 Å². The molecule has 6 heteroatoms. The average Bonchev–Trinajstić information content (AvgIpc) is 3.28. The van der Waals surface area contributed by atoms with Crippen molar-refractivity contribution in [2.75, 3.05) is 26.2 Å². The summed E-state index contributed by atoms with van der Waals surface area (Å²) >= 11 is 1.55. The molecule has 3 heterocycles. The monoisotopic (exact) mass is 357 g/mol. The van der Waals surface area contributed by atoms with E-state index in [0.29, 0.717) is 12.2 Å². The van der Waals surface area contributed by atoms with Gasteiger partial charge in [-0.15, -0.1) is 11.3 Å². The van der Waals surface area contributed by atoms with Crippen LogP contribution in [-0.2, 0) is 6.61 Å². The highest BCUT2D eigenvalue weighted by atomic mass is 32.1. The van der Waals surface area contributed by atoms with Gasteiger partial charge in [0.25, 0.3) is 5.91 Å². The van der Waals surface area contributed by atoms with Crippen molar-refractivity contribution >= 4 is 17.2 Å². The molecule has 132 valence electrons. The van der Waals surface area contributed by atoms with E-state index >= 15 is 0 Å². The summed E-state index contributed by atoms with van der Waals surface area (Å²) in [7, 11) is 0. The van der Waals surface area contributed by atoms with Crippen molar-refractivity contribution in [3.05, 3.63) is 46.4 Å². The van der Waals surface area contributed by atoms with Gasteiger partial charge in [-0.2, -0.15) is 0 Å². The van der Waals surface area contributed by atoms with Crippen LogP contribution in [0.3, 0.4) is 0 Å². The fourth-order valence-electron chi connectivity index (χ4n) is 3.79. The van der Waals surface area contributed by atoms with Crippen LogP contribution in [0.1, 0.15) is 28.9 Å². The van der Waals surface area contributed by atoms with Crippen LogP contribution in [0, 0.1) is 11.8 Å². The van der Waals surface area contributed by atoms with Crippen molar-refractivity contribution in [3.63, 3.8) is 0 Å². The summed E-state index contributed by atoms with van der Waals surface area (Å²) in [5.41, 5.74) is 3.42. The maximum Gasteiger partial charge on any atom is 0.253 e. The quantitative estimate of drug-likeness (QED) is 0.914. The summed E-state index contributed by atoms with van der Waals surface area (Å²) in [6.45, 7) is 4.34. The number of benzene rings is 1. The van der Waals surface area contributed by atoms with Crippen molar-refractivity contribution < 1.29 is 9.53 Å². The first kappa shape index (κ1) is 16.5. The third-order valence-corrected chi connectivity index (χ3v) is 5.89. The van der Waals surface area contributed by atoms with Crippen LogP contribution in [0.25, 0.3) is 0 Å². The fraction of sp³-hybridized carbons (Fsp3) is 0.474. The van der Waals surface area contributed by atoms with Gasteiger partial charge in [0.1, 0.15) is 12.4 Å². The van der Waals surface area contributed by atoms with E-state index in [1.807, 2.05) is 34.5 Å². The first-order valence-electron chi connectivity index (χ1n) is 8.89. The molecule has 0 radical (unpaired) electrons. The molecule has 2 saturated heterocycles. The summed E-state index contributed by atoms with van der Waals surface area (Å²) in [5.74, 6) is 2.29. The van der Waals surface area contributed by atoms with Gasteiger partial charge in [0.05, 0.1) is 11.2 Å². The number of nitrogens with zero attached hydrogens (tertiary/aromatic N) is 2. The van der Waals surface area contributed by atoms with E-state index < -0.39 is 0 Å². The molecule has 0 spiro atoms. The Labute approximate surface area is 152 Å². The van der Waals surface area contributed by atoms with Gasteiger partial charge in [0.2, 0.25) is 0 Å². The van der Waals surface area contributed by atoms with Crippen molar-refractivity contribution in [1.29, 1.82) is 0 Å². The number of aromatic nitrogens is 1. The molecule has 2 fully saturated rings. The number of hydrogen-bond acceptors (Lipinski definition) is 5. The van der Waals surface area contributed by atoms with Crippen molar-refractivity contribution in [3.8, 4) is 5.75 Å². The summed E-state index contributed by atoms with van der Waals surface area (Å²) < 4.78 is 5.78. The lowest BCUT2D eigenvalue weighted by Crippen LogP contribution is -2.32. The number of fused-ring (bicyclic) bond motifs is 1. The number of ether oxygens (including phenoxy) is 1. The van der Waals surface area contributed by atoms with Gasteiger partial charge in [-0.25, -0.2) is 4.98 Å². The highest BCUT2D eigenvalue weighted by molar-refractivity contribution is 7.07. The van der Waals surface area contributed by atoms with Crippen LogP contribution < -0.4 is 10.1 Å². The van der Waals surface area contributed by atoms with E-state index in [9.17, 15) is 4.79 Å². The van der Waals surface area contributed by atoms with Crippen molar-refractivity contribution in [2.45, 2.75) is 19.4 Å². The first-order valence-corrected chi connectivity index (χ1v) is 9.84. The number of carbonyl (C=O) groups excluding carboxylic acids is 1. The molecule has 2 aliphatic heterocycles. The van der Waals surface area contributed by atoms with E-state index in [1.54, 1.807) is 16.8 Å². The highest BCUT2D eigenvalue weighted by Crippen LogP contribution is 2.28. The molecule has 5 nitrogen and oxygen atoms in total. The van der Waals surface area contributed by atoms with Crippen molar-refractivity contribution in [1.82, 2.24) is 15.2 Å². The van der Waals surface area contributed by atoms with E-state index in [0.717, 1.165) is 62.3 Å². The number of thiazole rings is 1. The molecule has 0 bridgehead atoms. The molecule has 1 amide bonds. The van der Waals surface area contributed by atoms with Crippen LogP contribution in [0.2, 0.25) is 0 Å². The minimum atomic E-state index is 0.118. The SMILES string of the molecule is O=C(c1cccc(OCc2cscn2)c1)N1CC[C@@H]2CNC[C@@H]2CC1. The average molecular weight is 357 g/mol. The van der Waals surface area contributed by atoms with E-state index in [2.05, 4.69) is 10.3 Å². The lowest BCUT2D eigenvalue weighted by molar-refractivity contribution is 0.0758. The third-order valence-electron chi connectivity index (χ3n) is 5.26. The number of amides is 1. The zero-order valence-electron chi connectivity index (χ0n) is 14.2. The van der Waals surface area contributed by atoms with E-state index in [1.165, 1.54) is 0 Å². The second-order valence-corrected chi connectivity index (χ2v) is 7.56. The minimum Gasteiger partial charge on any atom is -0.487 e. The summed E-state index contributed by atoms with van der Waals surface area (Å²) in [6, 6.07) is 7.51. The molecule has 25 heavy (non-hydrogen) atoms. The normalized spacial score (nSPS) is 23.1. The van der Waals surface area contributed by atoms with Gasteiger partial charge < -0.3 is 15.0 Å². The molecule has 1 aromatic carbocycles. The smallest absolute Gasteiger partial charge is 0.253 e. The fourth-order valence-corrected chi connectivity index (χ4v) is 4.33. The molecule has 2 aliphatic rings. The number of nitrogens with one attached hydrogen (secondary N) is 1. The number of carbonyl (C=O) groups is 1. The third kappa shape index (κ3) is 3.85. The largest absolute Gasteiger partial charge is 0.487 e. The lowest BCUT2D eigenvalue weighted by atomic mass is 9.92. The Balaban J connectivity index is 1.40. The van der Waals surface area contributed by atoms with Crippen LogP contribution in [0.4, 0.5) is 0 Å². The minimum absolute atomic E-state index is 0.118. The number of likely N-dealkylation sites (tertiary alicyclic amines) is 1. The zero-order chi connectivity index (χ0) is 17.1. The molecule has 1 N–H and O–H groups in total. The summed E-state index contributed by atoms with van der Waals surface area (Å²) in [4.78, 5) is 19.1. The Morgan fingerprint density at radius 1 is 1.28 bits per heavy atom. The van der Waals surface area contributed by atoms with Gasteiger partial charge in [-0.3, -0.25) is 4.79 Å². The van der Waals surface area contributed by atoms with Crippen LogP contribution in [-0.4, -0.2) is 42.0 Å². The molecule has 0 unspecified atom stereocenters. The standard InChI is InChI=1S/C19H23N3O2S/c23-19(22-6-4-15-9-20-10-16(15)5-7-22)14-2-1-3-18(8-14)24-11-17-12-25-13-21-17/h1-3,8,12-13,15-16,20H,4-7,9-11H2/t15-,16+. The molecule has 4 rings (SSSR count). The van der Waals surface area contributed by atoms with Gasteiger partial charge in [-0.05, 0) is 56.0 Å². The topological polar surface area (TPSA) is 54.5 Å². The zero-order valence-corrected chi connectivity index (χ0v) is 15.0. The molecule has 2 aromatic rings. The predicted octanol–water partition coefficient (Wildman–Crippen LogP) is 2.79. The molecular weight excluding hydrogens is 334 g/mol. The number of rotatable bonds is 4. The van der Waals surface area contributed by atoms with Crippen molar-refractivity contribution in [2.24, 2.45) is 11.8 Å². The second kappa shape index (κ2) is 7.54. The Morgan fingerprint density at radius 2 is 2.08 bits per heavy atom. The second-order valence-electron chi connectivity index (χ2n) is 6.84. The Morgan fingerprint density at radius 3 is 2.80 bits per heavy atom. The Kier molecular flexibility index (Phi) is 4.99. The van der Waals surface area contributed by atoms with Crippen LogP contribution >= 0.6 is 11.3 Å². The molecular formula is C19H23N3O2S. The predicted molar refractivity (Wildman–Crippen MR) is 97.9 cm³/mol. The Hall–Kier alpha value is -1.92. The maximum absolute atomic E-state index is 12.9. The molecule has 0 saturated carbocycles. The van der Waals surface area contributed by atoms with Crippen LogP contribution in [0.15, 0.2) is 35.2 Å². The molecule has 2 atom stereocenters. The van der Waals surface area contributed by atoms with Gasteiger partial charge >= 0.3 is 0 Å².